The predicted molar refractivity (Wildman–Crippen MR) is 36.5 cm³/mol. The van der Waals surface area contributed by atoms with E-state index in [2.05, 4.69) is 10.4 Å². The number of hydrogen-bond acceptors (Lipinski definition) is 3. The molecule has 4 nitrogen and oxygen atoms in total. The molecule has 0 spiro atoms. The lowest BCUT2D eigenvalue weighted by Crippen LogP contribution is -2.37. The highest BCUT2D eigenvalue weighted by Gasteiger charge is 2.03. The van der Waals surface area contributed by atoms with Gasteiger partial charge in [-0.1, -0.05) is 0 Å². The Kier molecular flexibility index (Phi) is 1.58. The van der Waals surface area contributed by atoms with E-state index in [0.29, 0.717) is 0 Å². The molecule has 1 aliphatic rings. The monoisotopic (exact) mass is 126 g/mol. The summed E-state index contributed by atoms with van der Waals surface area (Å²) in [6.07, 6.45) is 3.65. The molecule has 0 unspecified atom stereocenters. The van der Waals surface area contributed by atoms with E-state index in [-0.39, 0.29) is 0 Å². The van der Waals surface area contributed by atoms with Crippen molar-refractivity contribution in [1.29, 1.82) is 0 Å². The molecule has 1 rings (SSSR count). The molecule has 50 valence electrons. The van der Waals surface area contributed by atoms with Gasteiger partial charge < -0.3 is 16.1 Å². The number of amidine groups is 1. The summed E-state index contributed by atoms with van der Waals surface area (Å²) in [4.78, 5) is 1.92. The number of hydrogen-bond donors (Lipinski definition) is 2. The molecule has 0 saturated carbocycles. The summed E-state index contributed by atoms with van der Waals surface area (Å²) in [5.41, 5.74) is 0. The van der Waals surface area contributed by atoms with E-state index in [1.165, 1.54) is 0 Å². The Balaban J connectivity index is 2.68. The molecule has 1 aliphatic heterocycles. The van der Waals surface area contributed by atoms with Crippen LogP contribution in [0.25, 0.3) is 0 Å². The van der Waals surface area contributed by atoms with Crippen LogP contribution in [0.15, 0.2) is 17.4 Å². The van der Waals surface area contributed by atoms with Crippen molar-refractivity contribution >= 4 is 5.84 Å². The topological polar surface area (TPSA) is 53.6 Å². The van der Waals surface area contributed by atoms with E-state index in [4.69, 9.17) is 5.84 Å². The number of rotatable bonds is 0. The van der Waals surface area contributed by atoms with Crippen LogP contribution in [0, 0.1) is 0 Å². The third-order valence-electron chi connectivity index (χ3n) is 1.20. The van der Waals surface area contributed by atoms with Gasteiger partial charge in [-0.05, 0) is 6.08 Å². The number of nitrogens with two attached hydrogens (primary N) is 1. The summed E-state index contributed by atoms with van der Waals surface area (Å²) < 4.78 is 0. The van der Waals surface area contributed by atoms with Crippen molar-refractivity contribution in [2.24, 2.45) is 10.9 Å². The van der Waals surface area contributed by atoms with Gasteiger partial charge >= 0.3 is 0 Å². The fraction of sp³-hybridized carbons (Fsp3) is 0.400. The summed E-state index contributed by atoms with van der Waals surface area (Å²) in [7, 11) is 1.92. The third-order valence-corrected chi connectivity index (χ3v) is 1.20. The zero-order chi connectivity index (χ0) is 6.69. The SMILES string of the molecule is CN1CNC=CC1=NN. The highest BCUT2D eigenvalue weighted by molar-refractivity contribution is 5.92. The van der Waals surface area contributed by atoms with E-state index >= 15 is 0 Å². The molecular weight excluding hydrogens is 116 g/mol. The normalized spacial score (nSPS) is 22.3. The van der Waals surface area contributed by atoms with Crippen LogP contribution in [0.1, 0.15) is 0 Å². The van der Waals surface area contributed by atoms with Gasteiger partial charge in [0.2, 0.25) is 0 Å². The Morgan fingerprint density at radius 1 is 1.89 bits per heavy atom. The van der Waals surface area contributed by atoms with Crippen molar-refractivity contribution in [1.82, 2.24) is 10.2 Å². The van der Waals surface area contributed by atoms with Gasteiger partial charge in [0.05, 0.1) is 6.67 Å². The molecule has 0 fully saturated rings. The molecule has 0 aromatic rings. The van der Waals surface area contributed by atoms with Crippen molar-refractivity contribution in [2.45, 2.75) is 0 Å². The Bertz CT molecular complexity index is 146. The molecule has 0 amide bonds. The quantitative estimate of drug-likeness (QED) is 0.332. The molecule has 0 aromatic carbocycles. The van der Waals surface area contributed by atoms with Crippen LogP contribution in [0.3, 0.4) is 0 Å². The van der Waals surface area contributed by atoms with Crippen molar-refractivity contribution < 1.29 is 0 Å². The largest absolute Gasteiger partial charge is 0.374 e. The van der Waals surface area contributed by atoms with Crippen molar-refractivity contribution in [3.63, 3.8) is 0 Å². The zero-order valence-electron chi connectivity index (χ0n) is 5.33. The maximum Gasteiger partial charge on any atom is 0.150 e. The van der Waals surface area contributed by atoms with Gasteiger partial charge in [0.1, 0.15) is 0 Å². The first kappa shape index (κ1) is 5.94. The average molecular weight is 126 g/mol. The van der Waals surface area contributed by atoms with Crippen LogP contribution in [0.2, 0.25) is 0 Å². The first-order chi connectivity index (χ1) is 4.34. The van der Waals surface area contributed by atoms with Gasteiger partial charge in [-0.15, -0.1) is 0 Å². The van der Waals surface area contributed by atoms with E-state index in [0.717, 1.165) is 12.5 Å². The minimum atomic E-state index is 0.770. The second-order valence-corrected chi connectivity index (χ2v) is 1.88. The van der Waals surface area contributed by atoms with Gasteiger partial charge in [-0.3, -0.25) is 0 Å². The summed E-state index contributed by atoms with van der Waals surface area (Å²) in [6.45, 7) is 0.770. The molecule has 0 saturated heterocycles. The average Bonchev–Trinajstić information content (AvgIpc) is 1.89. The molecule has 1 heterocycles. The van der Waals surface area contributed by atoms with E-state index in [9.17, 15) is 0 Å². The van der Waals surface area contributed by atoms with Gasteiger partial charge in [-0.25, -0.2) is 0 Å². The fourth-order valence-corrected chi connectivity index (χ4v) is 0.673. The minimum absolute atomic E-state index is 0.770. The Labute approximate surface area is 54.0 Å². The highest BCUT2D eigenvalue weighted by atomic mass is 15.3. The molecule has 0 aromatic heterocycles. The summed E-state index contributed by atoms with van der Waals surface area (Å²) in [6, 6.07) is 0. The molecule has 0 atom stereocenters. The first-order valence-corrected chi connectivity index (χ1v) is 2.73. The highest BCUT2D eigenvalue weighted by Crippen LogP contribution is 1.90. The summed E-state index contributed by atoms with van der Waals surface area (Å²) in [5, 5.41) is 6.55. The first-order valence-electron chi connectivity index (χ1n) is 2.73. The van der Waals surface area contributed by atoms with Crippen LogP contribution in [0.5, 0.6) is 0 Å². The van der Waals surface area contributed by atoms with Crippen LogP contribution in [-0.4, -0.2) is 24.5 Å². The van der Waals surface area contributed by atoms with Crippen LogP contribution in [-0.2, 0) is 0 Å². The molecule has 3 N–H and O–H groups in total. The number of hydrazone groups is 1. The second-order valence-electron chi connectivity index (χ2n) is 1.88. The lowest BCUT2D eigenvalue weighted by atomic mass is 10.4. The molecule has 0 radical (unpaired) electrons. The van der Waals surface area contributed by atoms with Gasteiger partial charge in [0.25, 0.3) is 0 Å². The fourth-order valence-electron chi connectivity index (χ4n) is 0.673. The summed E-state index contributed by atoms with van der Waals surface area (Å²) in [5.74, 6) is 5.86. The molecular formula is C5H10N4. The smallest absolute Gasteiger partial charge is 0.150 e. The van der Waals surface area contributed by atoms with E-state index in [1.807, 2.05) is 24.2 Å². The number of likely N-dealkylation sites (N-methyl/N-ethyl adjacent to an activating group) is 1. The Morgan fingerprint density at radius 3 is 3.11 bits per heavy atom. The second kappa shape index (κ2) is 2.39. The number of nitrogens with zero attached hydrogens (tertiary/aromatic N) is 2. The molecule has 0 bridgehead atoms. The predicted octanol–water partition coefficient (Wildman–Crippen LogP) is -0.735. The van der Waals surface area contributed by atoms with Crippen molar-refractivity contribution in [3.05, 3.63) is 12.3 Å². The maximum atomic E-state index is 5.06. The number of nitrogens with one attached hydrogen (secondary N) is 1. The van der Waals surface area contributed by atoms with E-state index < -0.39 is 0 Å². The minimum Gasteiger partial charge on any atom is -0.374 e. The van der Waals surface area contributed by atoms with E-state index in [1.54, 1.807) is 0 Å². The lowest BCUT2D eigenvalue weighted by molar-refractivity contribution is 0.472. The van der Waals surface area contributed by atoms with Crippen molar-refractivity contribution in [3.8, 4) is 0 Å². The Morgan fingerprint density at radius 2 is 2.67 bits per heavy atom. The third kappa shape index (κ3) is 1.13. The van der Waals surface area contributed by atoms with Crippen LogP contribution >= 0.6 is 0 Å². The molecule has 4 heteroatoms. The Hall–Kier alpha value is -1.19. The van der Waals surface area contributed by atoms with Crippen LogP contribution < -0.4 is 11.2 Å². The standard InChI is InChI=1S/C5H10N4/c1-9-4-7-3-2-5(9)8-6/h2-3,7H,4,6H2,1H3. The van der Waals surface area contributed by atoms with Gasteiger partial charge in [0, 0.05) is 13.2 Å². The van der Waals surface area contributed by atoms with Gasteiger partial charge in [0.15, 0.2) is 5.84 Å². The lowest BCUT2D eigenvalue weighted by Gasteiger charge is -2.21. The van der Waals surface area contributed by atoms with Crippen LogP contribution in [0.4, 0.5) is 0 Å². The zero-order valence-corrected chi connectivity index (χ0v) is 5.33. The molecule has 9 heavy (non-hydrogen) atoms. The van der Waals surface area contributed by atoms with Gasteiger partial charge in [-0.2, -0.15) is 5.10 Å². The summed E-state index contributed by atoms with van der Waals surface area (Å²) >= 11 is 0. The molecule has 0 aliphatic carbocycles. The van der Waals surface area contributed by atoms with Crippen molar-refractivity contribution in [2.75, 3.05) is 13.7 Å². The maximum absolute atomic E-state index is 5.06.